The number of hydrogen-bond donors (Lipinski definition) is 2. The number of nitrogens with zero attached hydrogens (tertiary/aromatic N) is 1. The molecule has 0 bridgehead atoms. The summed E-state index contributed by atoms with van der Waals surface area (Å²) in [5.74, 6) is -0.136. The molecule has 1 amide bonds. The van der Waals surface area contributed by atoms with Crippen LogP contribution in [0.25, 0.3) is 0 Å². The zero-order valence-electron chi connectivity index (χ0n) is 8.39. The van der Waals surface area contributed by atoms with Crippen molar-refractivity contribution in [3.63, 3.8) is 0 Å². The van der Waals surface area contributed by atoms with Gasteiger partial charge < -0.3 is 10.4 Å². The minimum atomic E-state index is -0.393. The van der Waals surface area contributed by atoms with Crippen molar-refractivity contribution >= 4 is 5.91 Å². The molecule has 1 aliphatic rings. The molecule has 80 valence electrons. The van der Waals surface area contributed by atoms with E-state index in [1.165, 1.54) is 0 Å². The molecule has 1 fully saturated rings. The Labute approximate surface area is 88.3 Å². The van der Waals surface area contributed by atoms with Gasteiger partial charge in [-0.1, -0.05) is 0 Å². The topological polar surface area (TPSA) is 62.2 Å². The highest BCUT2D eigenvalue weighted by molar-refractivity contribution is 5.94. The Balaban J connectivity index is 1.98. The fourth-order valence-corrected chi connectivity index (χ4v) is 1.86. The minimum absolute atomic E-state index is 0.0920. The number of nitrogens with one attached hydrogen (secondary N) is 1. The molecule has 2 rings (SSSR count). The Morgan fingerprint density at radius 2 is 2.13 bits per heavy atom. The number of aromatic nitrogens is 1. The molecule has 0 saturated heterocycles. The Morgan fingerprint density at radius 1 is 1.40 bits per heavy atom. The first-order valence-electron chi connectivity index (χ1n) is 5.16. The van der Waals surface area contributed by atoms with Crippen LogP contribution in [-0.4, -0.2) is 28.1 Å². The van der Waals surface area contributed by atoms with E-state index < -0.39 is 6.10 Å². The number of amides is 1. The minimum Gasteiger partial charge on any atom is -0.391 e. The zero-order chi connectivity index (χ0) is 10.7. The first-order chi connectivity index (χ1) is 7.27. The molecular weight excluding hydrogens is 192 g/mol. The smallest absolute Gasteiger partial charge is 0.251 e. The maximum absolute atomic E-state index is 11.7. The normalized spacial score (nSPS) is 25.1. The molecule has 0 aromatic carbocycles. The molecule has 0 unspecified atom stereocenters. The van der Waals surface area contributed by atoms with Crippen LogP contribution < -0.4 is 5.32 Å². The molecule has 15 heavy (non-hydrogen) atoms. The molecule has 0 radical (unpaired) electrons. The van der Waals surface area contributed by atoms with Crippen molar-refractivity contribution in [2.24, 2.45) is 0 Å². The van der Waals surface area contributed by atoms with Gasteiger partial charge in [-0.05, 0) is 31.4 Å². The van der Waals surface area contributed by atoms with Gasteiger partial charge in [0.05, 0.1) is 12.1 Å². The molecule has 1 heterocycles. The van der Waals surface area contributed by atoms with Crippen molar-refractivity contribution in [2.75, 3.05) is 0 Å². The van der Waals surface area contributed by atoms with Crippen LogP contribution in [0.2, 0.25) is 0 Å². The summed E-state index contributed by atoms with van der Waals surface area (Å²) in [5, 5.41) is 12.4. The van der Waals surface area contributed by atoms with E-state index in [0.29, 0.717) is 5.56 Å². The highest BCUT2D eigenvalue weighted by Gasteiger charge is 2.26. The molecule has 0 aliphatic heterocycles. The molecule has 4 heteroatoms. The van der Waals surface area contributed by atoms with Crippen molar-refractivity contribution in [2.45, 2.75) is 31.4 Å². The lowest BCUT2D eigenvalue weighted by molar-refractivity contribution is 0.0873. The van der Waals surface area contributed by atoms with E-state index in [-0.39, 0.29) is 11.9 Å². The number of aliphatic hydroxyl groups is 1. The van der Waals surface area contributed by atoms with Gasteiger partial charge in [0.25, 0.3) is 5.91 Å². The van der Waals surface area contributed by atoms with E-state index in [4.69, 9.17) is 0 Å². The van der Waals surface area contributed by atoms with Gasteiger partial charge in [-0.25, -0.2) is 0 Å². The molecule has 1 aromatic heterocycles. The average molecular weight is 206 g/mol. The lowest BCUT2D eigenvalue weighted by Crippen LogP contribution is -2.39. The van der Waals surface area contributed by atoms with Crippen LogP contribution in [0.1, 0.15) is 29.6 Å². The third-order valence-corrected chi connectivity index (χ3v) is 2.74. The highest BCUT2D eigenvalue weighted by atomic mass is 16.3. The van der Waals surface area contributed by atoms with Crippen molar-refractivity contribution in [1.29, 1.82) is 0 Å². The van der Waals surface area contributed by atoms with Crippen molar-refractivity contribution in [1.82, 2.24) is 10.3 Å². The second kappa shape index (κ2) is 4.40. The lowest BCUT2D eigenvalue weighted by Gasteiger charge is -2.16. The highest BCUT2D eigenvalue weighted by Crippen LogP contribution is 2.19. The molecule has 2 atom stereocenters. The summed E-state index contributed by atoms with van der Waals surface area (Å²) < 4.78 is 0. The number of hydrogen-bond acceptors (Lipinski definition) is 3. The van der Waals surface area contributed by atoms with Gasteiger partial charge >= 0.3 is 0 Å². The molecule has 1 aromatic rings. The van der Waals surface area contributed by atoms with Crippen LogP contribution in [0.5, 0.6) is 0 Å². The Kier molecular flexibility index (Phi) is 2.97. The lowest BCUT2D eigenvalue weighted by atomic mass is 10.2. The summed E-state index contributed by atoms with van der Waals surface area (Å²) in [6, 6.07) is 3.23. The summed E-state index contributed by atoms with van der Waals surface area (Å²) in [4.78, 5) is 15.5. The van der Waals surface area contributed by atoms with Gasteiger partial charge in [0.15, 0.2) is 0 Å². The molecule has 1 saturated carbocycles. The summed E-state index contributed by atoms with van der Waals surface area (Å²) in [7, 11) is 0. The first-order valence-corrected chi connectivity index (χ1v) is 5.16. The standard InChI is InChI=1S/C11H14N2O2/c14-10-3-1-2-9(10)13-11(15)8-4-6-12-7-5-8/h4-7,9-10,14H,1-3H2,(H,13,15)/t9-,10-/m0/s1. The molecule has 0 spiro atoms. The summed E-state index contributed by atoms with van der Waals surface area (Å²) in [5.41, 5.74) is 0.587. The second-order valence-electron chi connectivity index (χ2n) is 3.81. The number of carbonyl (C=O) groups excluding carboxylic acids is 1. The van der Waals surface area contributed by atoms with E-state index >= 15 is 0 Å². The SMILES string of the molecule is O=C(N[C@H]1CCC[C@@H]1O)c1ccncc1. The van der Waals surface area contributed by atoms with Gasteiger partial charge in [0.1, 0.15) is 0 Å². The van der Waals surface area contributed by atoms with Crippen LogP contribution in [0, 0.1) is 0 Å². The molecule has 4 nitrogen and oxygen atoms in total. The van der Waals surface area contributed by atoms with E-state index in [0.717, 1.165) is 19.3 Å². The van der Waals surface area contributed by atoms with E-state index in [1.54, 1.807) is 24.5 Å². The molecule has 2 N–H and O–H groups in total. The Bertz CT molecular complexity index is 340. The molecule has 1 aliphatic carbocycles. The van der Waals surface area contributed by atoms with Gasteiger partial charge in [-0.3, -0.25) is 9.78 Å². The maximum atomic E-state index is 11.7. The van der Waals surface area contributed by atoms with Gasteiger partial charge in [0, 0.05) is 18.0 Å². The fourth-order valence-electron chi connectivity index (χ4n) is 1.86. The van der Waals surface area contributed by atoms with E-state index in [2.05, 4.69) is 10.3 Å². The number of rotatable bonds is 2. The first kappa shape index (κ1) is 10.1. The summed E-state index contributed by atoms with van der Waals surface area (Å²) >= 11 is 0. The van der Waals surface area contributed by atoms with Crippen LogP contribution in [-0.2, 0) is 0 Å². The second-order valence-corrected chi connectivity index (χ2v) is 3.81. The van der Waals surface area contributed by atoms with Gasteiger partial charge in [0.2, 0.25) is 0 Å². The Hall–Kier alpha value is -1.42. The third kappa shape index (κ3) is 2.33. The van der Waals surface area contributed by atoms with Crippen molar-refractivity contribution in [3.05, 3.63) is 30.1 Å². The van der Waals surface area contributed by atoms with Gasteiger partial charge in [-0.2, -0.15) is 0 Å². The largest absolute Gasteiger partial charge is 0.391 e. The van der Waals surface area contributed by atoms with E-state index in [9.17, 15) is 9.90 Å². The summed E-state index contributed by atoms with van der Waals surface area (Å²) in [6.45, 7) is 0. The quantitative estimate of drug-likeness (QED) is 0.749. The summed E-state index contributed by atoms with van der Waals surface area (Å²) in [6.07, 6.45) is 5.39. The van der Waals surface area contributed by atoms with Gasteiger partial charge in [-0.15, -0.1) is 0 Å². The number of carbonyl (C=O) groups is 1. The monoisotopic (exact) mass is 206 g/mol. The van der Waals surface area contributed by atoms with Crippen molar-refractivity contribution < 1.29 is 9.90 Å². The zero-order valence-corrected chi connectivity index (χ0v) is 8.39. The fraction of sp³-hybridized carbons (Fsp3) is 0.455. The Morgan fingerprint density at radius 3 is 2.73 bits per heavy atom. The number of pyridine rings is 1. The van der Waals surface area contributed by atoms with Crippen LogP contribution in [0.3, 0.4) is 0 Å². The average Bonchev–Trinajstić information content (AvgIpc) is 2.66. The van der Waals surface area contributed by atoms with Crippen LogP contribution in [0.4, 0.5) is 0 Å². The van der Waals surface area contributed by atoms with E-state index in [1.807, 2.05) is 0 Å². The molecular formula is C11H14N2O2. The predicted molar refractivity (Wildman–Crippen MR) is 55.3 cm³/mol. The van der Waals surface area contributed by atoms with Crippen molar-refractivity contribution in [3.8, 4) is 0 Å². The number of aliphatic hydroxyl groups excluding tert-OH is 1. The third-order valence-electron chi connectivity index (χ3n) is 2.74. The maximum Gasteiger partial charge on any atom is 0.251 e. The predicted octanol–water partition coefficient (Wildman–Crippen LogP) is 0.725. The van der Waals surface area contributed by atoms with Crippen LogP contribution in [0.15, 0.2) is 24.5 Å². The van der Waals surface area contributed by atoms with Crippen LogP contribution >= 0.6 is 0 Å².